The number of aliphatic hydroxyl groups is 1. The lowest BCUT2D eigenvalue weighted by Crippen LogP contribution is -2.44. The van der Waals surface area contributed by atoms with Gasteiger partial charge in [-0.25, -0.2) is 4.79 Å². The van der Waals surface area contributed by atoms with Crippen LogP contribution in [-0.4, -0.2) is 29.6 Å². The number of alkyl halides is 3. The summed E-state index contributed by atoms with van der Waals surface area (Å²) in [6.45, 7) is 0.147. The predicted molar refractivity (Wildman–Crippen MR) is 82.8 cm³/mol. The Labute approximate surface area is 138 Å². The van der Waals surface area contributed by atoms with Crippen LogP contribution in [0.3, 0.4) is 0 Å². The molecule has 1 aliphatic rings. The van der Waals surface area contributed by atoms with Gasteiger partial charge in [0.15, 0.2) is 0 Å². The number of hydrogen-bond donors (Lipinski definition) is 3. The quantitative estimate of drug-likeness (QED) is 0.727. The molecule has 1 aromatic carbocycles. The Bertz CT molecular complexity index is 538. The van der Waals surface area contributed by atoms with Crippen LogP contribution in [0.2, 0.25) is 0 Å². The van der Waals surface area contributed by atoms with Crippen molar-refractivity contribution in [2.24, 2.45) is 0 Å². The minimum atomic E-state index is -4.75. The zero-order valence-corrected chi connectivity index (χ0v) is 13.2. The van der Waals surface area contributed by atoms with Crippen LogP contribution in [0.15, 0.2) is 24.3 Å². The fourth-order valence-electron chi connectivity index (χ4n) is 2.72. The van der Waals surface area contributed by atoms with Crippen molar-refractivity contribution in [3.05, 3.63) is 24.3 Å². The van der Waals surface area contributed by atoms with E-state index in [0.717, 1.165) is 37.8 Å². The van der Waals surface area contributed by atoms with Crippen molar-refractivity contribution in [3.63, 3.8) is 0 Å². The van der Waals surface area contributed by atoms with Gasteiger partial charge in [-0.3, -0.25) is 0 Å². The third-order valence-corrected chi connectivity index (χ3v) is 3.96. The van der Waals surface area contributed by atoms with Crippen molar-refractivity contribution >= 4 is 11.7 Å². The van der Waals surface area contributed by atoms with Gasteiger partial charge >= 0.3 is 12.4 Å². The summed E-state index contributed by atoms with van der Waals surface area (Å²) in [5.74, 6) is -0.360. The average molecular weight is 346 g/mol. The predicted octanol–water partition coefficient (Wildman–Crippen LogP) is 3.79. The second kappa shape index (κ2) is 7.74. The van der Waals surface area contributed by atoms with Gasteiger partial charge in [-0.1, -0.05) is 25.7 Å². The maximum Gasteiger partial charge on any atom is 0.573 e. The second-order valence-corrected chi connectivity index (χ2v) is 6.02. The number of rotatable bonds is 4. The van der Waals surface area contributed by atoms with Crippen molar-refractivity contribution in [3.8, 4) is 5.75 Å². The van der Waals surface area contributed by atoms with Crippen LogP contribution in [-0.2, 0) is 0 Å². The van der Waals surface area contributed by atoms with Crippen molar-refractivity contribution in [1.82, 2.24) is 5.32 Å². The highest BCUT2D eigenvalue weighted by Crippen LogP contribution is 2.26. The molecular formula is C16H21F3N2O3. The lowest BCUT2D eigenvalue weighted by Gasteiger charge is -2.26. The van der Waals surface area contributed by atoms with Crippen molar-refractivity contribution in [2.75, 3.05) is 11.9 Å². The van der Waals surface area contributed by atoms with E-state index in [1.165, 1.54) is 12.1 Å². The molecule has 0 radical (unpaired) electrons. The maximum atomic E-state index is 12.1. The SMILES string of the molecule is O=C(NCC1(O)CCCCCC1)Nc1ccc(OC(F)(F)F)cc1. The van der Waals surface area contributed by atoms with Crippen LogP contribution in [0, 0.1) is 0 Å². The number of benzene rings is 1. The number of nitrogens with one attached hydrogen (secondary N) is 2. The molecule has 134 valence electrons. The Hall–Kier alpha value is -1.96. The highest BCUT2D eigenvalue weighted by molar-refractivity contribution is 5.89. The Balaban J connectivity index is 1.81. The second-order valence-electron chi connectivity index (χ2n) is 6.02. The van der Waals surface area contributed by atoms with Gasteiger partial charge < -0.3 is 20.5 Å². The van der Waals surface area contributed by atoms with Crippen molar-refractivity contribution in [1.29, 1.82) is 0 Å². The van der Waals surface area contributed by atoms with Crippen molar-refractivity contribution in [2.45, 2.75) is 50.5 Å². The molecule has 0 saturated heterocycles. The first-order valence-corrected chi connectivity index (χ1v) is 7.89. The van der Waals surface area contributed by atoms with E-state index in [0.29, 0.717) is 18.5 Å². The molecule has 1 aromatic rings. The van der Waals surface area contributed by atoms with E-state index >= 15 is 0 Å². The topological polar surface area (TPSA) is 70.6 Å². The highest BCUT2D eigenvalue weighted by atomic mass is 19.4. The number of ether oxygens (including phenoxy) is 1. The number of carbonyl (C=O) groups is 1. The molecule has 5 nitrogen and oxygen atoms in total. The monoisotopic (exact) mass is 346 g/mol. The Kier molecular flexibility index (Phi) is 5.93. The molecule has 0 heterocycles. The molecule has 1 saturated carbocycles. The fraction of sp³-hybridized carbons (Fsp3) is 0.562. The summed E-state index contributed by atoms with van der Waals surface area (Å²) in [6, 6.07) is 4.32. The Morgan fingerprint density at radius 1 is 1.12 bits per heavy atom. The van der Waals surface area contributed by atoms with E-state index in [2.05, 4.69) is 15.4 Å². The highest BCUT2D eigenvalue weighted by Gasteiger charge is 2.31. The standard InChI is InChI=1S/C16H21F3N2O3/c17-16(18,19)24-13-7-5-12(6-8-13)21-14(22)20-11-15(23)9-3-1-2-4-10-15/h5-8,23H,1-4,9-11H2,(H2,20,21,22). The van der Waals surface area contributed by atoms with E-state index in [-0.39, 0.29) is 12.3 Å². The first-order chi connectivity index (χ1) is 11.3. The van der Waals surface area contributed by atoms with Crippen LogP contribution in [0.1, 0.15) is 38.5 Å². The minimum absolute atomic E-state index is 0.147. The smallest absolute Gasteiger partial charge is 0.406 e. The number of amides is 2. The molecule has 0 aromatic heterocycles. The van der Waals surface area contributed by atoms with Gasteiger partial charge in [-0.05, 0) is 37.1 Å². The Morgan fingerprint density at radius 2 is 1.71 bits per heavy atom. The molecular weight excluding hydrogens is 325 g/mol. The summed E-state index contributed by atoms with van der Waals surface area (Å²) in [5, 5.41) is 15.6. The van der Waals surface area contributed by atoms with E-state index in [9.17, 15) is 23.1 Å². The van der Waals surface area contributed by atoms with Crippen LogP contribution < -0.4 is 15.4 Å². The third-order valence-electron chi connectivity index (χ3n) is 3.96. The van der Waals surface area contributed by atoms with Crippen molar-refractivity contribution < 1.29 is 27.8 Å². The zero-order chi connectivity index (χ0) is 17.6. The van der Waals surface area contributed by atoms with Crippen LogP contribution >= 0.6 is 0 Å². The number of anilines is 1. The third kappa shape index (κ3) is 6.27. The molecule has 1 fully saturated rings. The minimum Gasteiger partial charge on any atom is -0.406 e. The lowest BCUT2D eigenvalue weighted by molar-refractivity contribution is -0.274. The molecule has 8 heteroatoms. The van der Waals surface area contributed by atoms with Gasteiger partial charge in [0.1, 0.15) is 5.75 Å². The molecule has 24 heavy (non-hydrogen) atoms. The van der Waals surface area contributed by atoms with Crippen LogP contribution in [0.5, 0.6) is 5.75 Å². The van der Waals surface area contributed by atoms with Crippen LogP contribution in [0.4, 0.5) is 23.7 Å². The average Bonchev–Trinajstić information content (AvgIpc) is 2.71. The van der Waals surface area contributed by atoms with Crippen LogP contribution in [0.25, 0.3) is 0 Å². The summed E-state index contributed by atoms with van der Waals surface area (Å²) < 4.78 is 40.0. The summed E-state index contributed by atoms with van der Waals surface area (Å²) >= 11 is 0. The fourth-order valence-corrected chi connectivity index (χ4v) is 2.72. The first kappa shape index (κ1) is 18.4. The largest absolute Gasteiger partial charge is 0.573 e. The summed E-state index contributed by atoms with van der Waals surface area (Å²) in [6.07, 6.45) is 0.580. The molecule has 0 spiro atoms. The van der Waals surface area contributed by atoms with Gasteiger partial charge in [-0.2, -0.15) is 0 Å². The molecule has 0 aliphatic heterocycles. The molecule has 1 aliphatic carbocycles. The Morgan fingerprint density at radius 3 is 2.25 bits per heavy atom. The molecule has 2 amide bonds. The molecule has 0 atom stereocenters. The van der Waals surface area contributed by atoms with Gasteiger partial charge in [0.05, 0.1) is 5.60 Å². The molecule has 3 N–H and O–H groups in total. The normalized spacial score (nSPS) is 17.7. The van der Waals surface area contributed by atoms with E-state index in [1.807, 2.05) is 0 Å². The van der Waals surface area contributed by atoms with E-state index in [4.69, 9.17) is 0 Å². The van der Waals surface area contributed by atoms with E-state index < -0.39 is 18.0 Å². The molecule has 0 unspecified atom stereocenters. The molecule has 0 bridgehead atoms. The van der Waals surface area contributed by atoms with Gasteiger partial charge in [-0.15, -0.1) is 13.2 Å². The molecule has 2 rings (SSSR count). The number of urea groups is 1. The lowest BCUT2D eigenvalue weighted by atomic mass is 9.95. The van der Waals surface area contributed by atoms with Gasteiger partial charge in [0, 0.05) is 12.2 Å². The summed E-state index contributed by atoms with van der Waals surface area (Å²) in [7, 11) is 0. The zero-order valence-electron chi connectivity index (χ0n) is 13.2. The van der Waals surface area contributed by atoms with Gasteiger partial charge in [0.25, 0.3) is 0 Å². The van der Waals surface area contributed by atoms with Gasteiger partial charge in [0.2, 0.25) is 0 Å². The number of halogens is 3. The summed E-state index contributed by atoms with van der Waals surface area (Å²) in [5.41, 5.74) is -0.562. The first-order valence-electron chi connectivity index (χ1n) is 7.89. The van der Waals surface area contributed by atoms with E-state index in [1.54, 1.807) is 0 Å². The maximum absolute atomic E-state index is 12.1. The summed E-state index contributed by atoms with van der Waals surface area (Å²) in [4.78, 5) is 11.9. The number of hydrogen-bond acceptors (Lipinski definition) is 3. The number of carbonyl (C=O) groups excluding carboxylic acids is 1.